The normalized spacial score (nSPS) is 11.0. The van der Waals surface area contributed by atoms with E-state index < -0.39 is 0 Å². The van der Waals surface area contributed by atoms with E-state index >= 15 is 0 Å². The molecule has 2 aromatic rings. The maximum absolute atomic E-state index is 6.40. The van der Waals surface area contributed by atoms with Crippen LogP contribution < -0.4 is 20.7 Å². The van der Waals surface area contributed by atoms with Gasteiger partial charge in [0, 0.05) is 19.6 Å². The molecule has 0 fully saturated rings. The van der Waals surface area contributed by atoms with E-state index in [1.54, 1.807) is 13.4 Å². The molecule has 0 aliphatic carbocycles. The monoisotopic (exact) mass is 357 g/mol. The van der Waals surface area contributed by atoms with Crippen molar-refractivity contribution in [3.05, 3.63) is 36.2 Å². The van der Waals surface area contributed by atoms with Crippen LogP contribution in [0.1, 0.15) is 33.3 Å². The summed E-state index contributed by atoms with van der Waals surface area (Å²) < 4.78 is 5.19. The zero-order valence-corrected chi connectivity index (χ0v) is 16.5. The zero-order chi connectivity index (χ0) is 19.1. The van der Waals surface area contributed by atoms with E-state index in [0.29, 0.717) is 29.9 Å². The number of nitrogen functional groups attached to an aromatic ring is 1. The molecule has 0 unspecified atom stereocenters. The van der Waals surface area contributed by atoms with E-state index in [1.165, 1.54) is 0 Å². The fraction of sp³-hybridized carbons (Fsp3) is 0.500. The molecule has 6 nitrogen and oxygen atoms in total. The molecule has 1 aromatic heterocycles. The van der Waals surface area contributed by atoms with E-state index in [1.807, 2.05) is 24.3 Å². The van der Waals surface area contributed by atoms with E-state index in [9.17, 15) is 0 Å². The van der Waals surface area contributed by atoms with Crippen LogP contribution in [0.4, 0.5) is 17.3 Å². The van der Waals surface area contributed by atoms with Crippen molar-refractivity contribution in [2.45, 2.75) is 34.2 Å². The van der Waals surface area contributed by atoms with Gasteiger partial charge in [-0.2, -0.15) is 0 Å². The van der Waals surface area contributed by atoms with Crippen LogP contribution in [0.5, 0.6) is 5.75 Å². The summed E-state index contributed by atoms with van der Waals surface area (Å²) in [6.45, 7) is 11.3. The van der Waals surface area contributed by atoms with Gasteiger partial charge >= 0.3 is 0 Å². The highest BCUT2D eigenvalue weighted by atomic mass is 16.5. The van der Waals surface area contributed by atoms with E-state index in [2.05, 4.69) is 47.9 Å². The smallest absolute Gasteiger partial charge is 0.157 e. The lowest BCUT2D eigenvalue weighted by atomic mass is 10.1. The molecular weight excluding hydrogens is 326 g/mol. The molecule has 0 atom stereocenters. The van der Waals surface area contributed by atoms with Gasteiger partial charge < -0.3 is 20.7 Å². The van der Waals surface area contributed by atoms with Gasteiger partial charge in [0.25, 0.3) is 0 Å². The van der Waals surface area contributed by atoms with Crippen molar-refractivity contribution < 1.29 is 4.74 Å². The number of anilines is 3. The van der Waals surface area contributed by atoms with Crippen LogP contribution in [-0.2, 0) is 6.54 Å². The number of ether oxygens (including phenoxy) is 1. The minimum absolute atomic E-state index is 0.527. The van der Waals surface area contributed by atoms with Crippen LogP contribution in [0.2, 0.25) is 0 Å². The van der Waals surface area contributed by atoms with Crippen molar-refractivity contribution in [2.75, 3.05) is 36.1 Å². The fourth-order valence-corrected chi connectivity index (χ4v) is 2.84. The third kappa shape index (κ3) is 5.51. The number of nitrogens with one attached hydrogen (secondary N) is 1. The number of hydrogen-bond donors (Lipinski definition) is 2. The first-order chi connectivity index (χ1) is 12.4. The lowest BCUT2D eigenvalue weighted by molar-refractivity contribution is 0.414. The van der Waals surface area contributed by atoms with Gasteiger partial charge in [0.05, 0.1) is 7.11 Å². The molecular formula is C20H31N5O. The van der Waals surface area contributed by atoms with Crippen molar-refractivity contribution in [3.63, 3.8) is 0 Å². The SMILES string of the molecule is COc1ccc(CNc2ncnc(N(CC(C)C)CC(C)C)c2N)cc1. The highest BCUT2D eigenvalue weighted by Crippen LogP contribution is 2.28. The molecule has 2 rings (SSSR count). The number of rotatable bonds is 9. The van der Waals surface area contributed by atoms with Gasteiger partial charge in [-0.3, -0.25) is 0 Å². The summed E-state index contributed by atoms with van der Waals surface area (Å²) in [6.07, 6.45) is 1.58. The summed E-state index contributed by atoms with van der Waals surface area (Å²) in [5, 5.41) is 3.33. The molecule has 0 radical (unpaired) electrons. The predicted molar refractivity (Wildman–Crippen MR) is 109 cm³/mol. The Hall–Kier alpha value is -2.50. The molecule has 1 aromatic carbocycles. The standard InChI is InChI=1S/C20H31N5O/c1-14(2)11-25(12-15(3)4)20-18(21)19(23-13-24-20)22-10-16-6-8-17(26-5)9-7-16/h6-9,13-15H,10-12,21H2,1-5H3,(H,22,23,24). The summed E-state index contributed by atoms with van der Waals surface area (Å²) >= 11 is 0. The third-order valence-corrected chi connectivity index (χ3v) is 3.95. The lowest BCUT2D eigenvalue weighted by Crippen LogP contribution is -2.33. The van der Waals surface area contributed by atoms with E-state index in [4.69, 9.17) is 10.5 Å². The Balaban J connectivity index is 2.15. The molecule has 0 saturated heterocycles. The molecule has 0 amide bonds. The minimum atomic E-state index is 0.527. The molecule has 142 valence electrons. The Morgan fingerprint density at radius 3 is 2.19 bits per heavy atom. The number of nitrogens with zero attached hydrogens (tertiary/aromatic N) is 3. The van der Waals surface area contributed by atoms with Crippen LogP contribution in [0.3, 0.4) is 0 Å². The van der Waals surface area contributed by atoms with E-state index in [0.717, 1.165) is 30.2 Å². The highest BCUT2D eigenvalue weighted by Gasteiger charge is 2.17. The second-order valence-corrected chi connectivity index (χ2v) is 7.35. The Labute approximate surface area is 156 Å². The Bertz CT molecular complexity index is 675. The fourth-order valence-electron chi connectivity index (χ4n) is 2.84. The van der Waals surface area contributed by atoms with Gasteiger partial charge in [0.15, 0.2) is 11.6 Å². The molecule has 0 bridgehead atoms. The van der Waals surface area contributed by atoms with Gasteiger partial charge in [0.1, 0.15) is 17.8 Å². The van der Waals surface area contributed by atoms with Gasteiger partial charge in [0.2, 0.25) is 0 Å². The number of nitrogens with two attached hydrogens (primary N) is 1. The van der Waals surface area contributed by atoms with Crippen molar-refractivity contribution in [3.8, 4) is 5.75 Å². The summed E-state index contributed by atoms with van der Waals surface area (Å²) in [4.78, 5) is 11.0. The molecule has 0 aliphatic heterocycles. The van der Waals surface area contributed by atoms with E-state index in [-0.39, 0.29) is 0 Å². The molecule has 0 aliphatic rings. The average molecular weight is 358 g/mol. The van der Waals surface area contributed by atoms with Crippen molar-refractivity contribution in [1.29, 1.82) is 0 Å². The van der Waals surface area contributed by atoms with Crippen LogP contribution >= 0.6 is 0 Å². The summed E-state index contributed by atoms with van der Waals surface area (Å²) in [7, 11) is 1.66. The molecule has 26 heavy (non-hydrogen) atoms. The summed E-state index contributed by atoms with van der Waals surface area (Å²) in [5.74, 6) is 3.37. The van der Waals surface area contributed by atoms with Gasteiger partial charge in [-0.15, -0.1) is 0 Å². The average Bonchev–Trinajstić information content (AvgIpc) is 2.60. The topological polar surface area (TPSA) is 76.3 Å². The maximum atomic E-state index is 6.40. The van der Waals surface area contributed by atoms with Crippen LogP contribution in [0, 0.1) is 11.8 Å². The third-order valence-electron chi connectivity index (χ3n) is 3.95. The lowest BCUT2D eigenvalue weighted by Gasteiger charge is -2.28. The first-order valence-electron chi connectivity index (χ1n) is 9.13. The second kappa shape index (κ2) is 9.27. The second-order valence-electron chi connectivity index (χ2n) is 7.35. The quantitative estimate of drug-likeness (QED) is 0.711. The Morgan fingerprint density at radius 2 is 1.65 bits per heavy atom. The molecule has 3 N–H and O–H groups in total. The van der Waals surface area contributed by atoms with Crippen molar-refractivity contribution in [2.24, 2.45) is 11.8 Å². The van der Waals surface area contributed by atoms with Crippen LogP contribution in [0.15, 0.2) is 30.6 Å². The first kappa shape index (κ1) is 19.8. The number of methoxy groups -OCH3 is 1. The molecule has 6 heteroatoms. The maximum Gasteiger partial charge on any atom is 0.157 e. The molecule has 1 heterocycles. The van der Waals surface area contributed by atoms with Gasteiger partial charge in [-0.05, 0) is 29.5 Å². The van der Waals surface area contributed by atoms with Crippen molar-refractivity contribution >= 4 is 17.3 Å². The highest BCUT2D eigenvalue weighted by molar-refractivity contribution is 5.74. The predicted octanol–water partition coefficient (Wildman–Crippen LogP) is 3.80. The molecule has 0 saturated carbocycles. The summed E-state index contributed by atoms with van der Waals surface area (Å²) in [6, 6.07) is 7.93. The minimum Gasteiger partial charge on any atom is -0.497 e. The first-order valence-corrected chi connectivity index (χ1v) is 9.13. The number of benzene rings is 1. The number of hydrogen-bond acceptors (Lipinski definition) is 6. The Kier molecular flexibility index (Phi) is 7.06. The van der Waals surface area contributed by atoms with Crippen molar-refractivity contribution in [1.82, 2.24) is 9.97 Å². The zero-order valence-electron chi connectivity index (χ0n) is 16.5. The van der Waals surface area contributed by atoms with Gasteiger partial charge in [-0.25, -0.2) is 9.97 Å². The summed E-state index contributed by atoms with van der Waals surface area (Å²) in [5.41, 5.74) is 8.13. The van der Waals surface area contributed by atoms with Crippen LogP contribution in [0.25, 0.3) is 0 Å². The number of aromatic nitrogens is 2. The molecule has 0 spiro atoms. The van der Waals surface area contributed by atoms with Crippen LogP contribution in [-0.4, -0.2) is 30.2 Å². The Morgan fingerprint density at radius 1 is 1.04 bits per heavy atom. The largest absolute Gasteiger partial charge is 0.497 e. The van der Waals surface area contributed by atoms with Gasteiger partial charge in [-0.1, -0.05) is 39.8 Å².